The minimum absolute atomic E-state index is 0.155. The first-order valence-electron chi connectivity index (χ1n) is 10.9. The number of amides is 1. The molecule has 1 aliphatic heterocycles. The normalized spacial score (nSPS) is 16.2. The number of sulfonamides is 1. The molecular formula is C24H31FN2O4S. The number of halogens is 1. The van der Waals surface area contributed by atoms with Crippen LogP contribution in [0.15, 0.2) is 41.3 Å². The van der Waals surface area contributed by atoms with Gasteiger partial charge in [-0.3, -0.25) is 4.79 Å². The van der Waals surface area contributed by atoms with E-state index in [0.29, 0.717) is 44.8 Å². The van der Waals surface area contributed by atoms with Gasteiger partial charge in [0.1, 0.15) is 5.82 Å². The molecule has 0 spiro atoms. The molecule has 1 N–H and O–H groups in total. The lowest BCUT2D eigenvalue weighted by Gasteiger charge is -2.36. The molecule has 6 nitrogen and oxygen atoms in total. The van der Waals surface area contributed by atoms with Crippen LogP contribution in [-0.2, 0) is 25.0 Å². The van der Waals surface area contributed by atoms with Gasteiger partial charge in [0, 0.05) is 32.0 Å². The Morgan fingerprint density at radius 2 is 1.69 bits per heavy atom. The Kier molecular flexibility index (Phi) is 7.37. The minimum Gasteiger partial charge on any atom is -0.381 e. The fourth-order valence-corrected chi connectivity index (χ4v) is 5.77. The number of nitrogens with one attached hydrogen (secondary N) is 1. The van der Waals surface area contributed by atoms with Gasteiger partial charge in [-0.15, -0.1) is 0 Å². The molecule has 8 heteroatoms. The second kappa shape index (κ2) is 9.68. The van der Waals surface area contributed by atoms with Crippen molar-refractivity contribution >= 4 is 21.6 Å². The number of carbonyl (C=O) groups is 1. The van der Waals surface area contributed by atoms with E-state index in [1.54, 1.807) is 32.0 Å². The first-order chi connectivity index (χ1) is 15.2. The van der Waals surface area contributed by atoms with E-state index in [4.69, 9.17) is 4.74 Å². The zero-order valence-electron chi connectivity index (χ0n) is 19.1. The predicted octanol–water partition coefficient (Wildman–Crippen LogP) is 4.16. The SMILES string of the molecule is CCN(CC)S(=O)(=O)c1cc(C)c(C)c(NC(=O)C2(c3ccc(F)cc3)CCOCC2)c1. The van der Waals surface area contributed by atoms with Gasteiger partial charge in [-0.1, -0.05) is 26.0 Å². The fourth-order valence-electron chi connectivity index (χ4n) is 4.20. The molecule has 1 aliphatic rings. The van der Waals surface area contributed by atoms with Crippen LogP contribution in [0.1, 0.15) is 43.4 Å². The number of ether oxygens (including phenoxy) is 1. The van der Waals surface area contributed by atoms with Crippen molar-refractivity contribution in [2.45, 2.75) is 50.8 Å². The van der Waals surface area contributed by atoms with Gasteiger partial charge in [0.05, 0.1) is 10.3 Å². The highest BCUT2D eigenvalue weighted by Gasteiger charge is 2.42. The molecule has 0 radical (unpaired) electrons. The summed E-state index contributed by atoms with van der Waals surface area (Å²) in [6, 6.07) is 9.16. The summed E-state index contributed by atoms with van der Waals surface area (Å²) in [7, 11) is -3.68. The summed E-state index contributed by atoms with van der Waals surface area (Å²) in [5.74, 6) is -0.607. The van der Waals surface area contributed by atoms with Crippen LogP contribution in [0.25, 0.3) is 0 Å². The second-order valence-electron chi connectivity index (χ2n) is 8.16. The molecule has 2 aromatic rings. The van der Waals surface area contributed by atoms with E-state index >= 15 is 0 Å². The molecule has 1 heterocycles. The monoisotopic (exact) mass is 462 g/mol. The summed E-state index contributed by atoms with van der Waals surface area (Å²) >= 11 is 0. The van der Waals surface area contributed by atoms with Crippen molar-refractivity contribution in [3.05, 3.63) is 58.9 Å². The van der Waals surface area contributed by atoms with Crippen LogP contribution in [0.5, 0.6) is 0 Å². The maximum atomic E-state index is 13.6. The van der Waals surface area contributed by atoms with Crippen LogP contribution >= 0.6 is 0 Å². The molecule has 32 heavy (non-hydrogen) atoms. The summed E-state index contributed by atoms with van der Waals surface area (Å²) in [6.07, 6.45) is 0.917. The minimum atomic E-state index is -3.68. The van der Waals surface area contributed by atoms with E-state index in [2.05, 4.69) is 5.32 Å². The Hall–Kier alpha value is -2.29. The van der Waals surface area contributed by atoms with Gasteiger partial charge in [-0.05, 0) is 67.6 Å². The van der Waals surface area contributed by atoms with Crippen LogP contribution in [-0.4, -0.2) is 44.9 Å². The Morgan fingerprint density at radius 1 is 1.09 bits per heavy atom. The predicted molar refractivity (Wildman–Crippen MR) is 123 cm³/mol. The van der Waals surface area contributed by atoms with Gasteiger partial charge in [0.2, 0.25) is 15.9 Å². The third kappa shape index (κ3) is 4.58. The smallest absolute Gasteiger partial charge is 0.243 e. The summed E-state index contributed by atoms with van der Waals surface area (Å²) < 4.78 is 46.5. The average Bonchev–Trinajstić information content (AvgIpc) is 2.78. The van der Waals surface area contributed by atoms with E-state index in [0.717, 1.165) is 16.7 Å². The number of hydrogen-bond acceptors (Lipinski definition) is 4. The van der Waals surface area contributed by atoms with Gasteiger partial charge >= 0.3 is 0 Å². The first kappa shape index (κ1) is 24.4. The molecule has 1 saturated heterocycles. The zero-order chi connectivity index (χ0) is 23.5. The third-order valence-corrected chi connectivity index (χ3v) is 8.44. The molecule has 0 bridgehead atoms. The molecule has 0 aliphatic carbocycles. The van der Waals surface area contributed by atoms with Gasteiger partial charge in [-0.25, -0.2) is 12.8 Å². The van der Waals surface area contributed by atoms with Gasteiger partial charge in [-0.2, -0.15) is 4.31 Å². The Labute approximate surface area is 189 Å². The van der Waals surface area contributed by atoms with E-state index in [1.807, 2.05) is 13.8 Å². The van der Waals surface area contributed by atoms with Gasteiger partial charge in [0.15, 0.2) is 0 Å². The lowest BCUT2D eigenvalue weighted by Crippen LogP contribution is -2.45. The molecule has 174 valence electrons. The number of hydrogen-bond donors (Lipinski definition) is 1. The lowest BCUT2D eigenvalue weighted by molar-refractivity contribution is -0.125. The summed E-state index contributed by atoms with van der Waals surface area (Å²) in [6.45, 7) is 8.83. The Bertz CT molecular complexity index is 1070. The van der Waals surface area contributed by atoms with Gasteiger partial charge < -0.3 is 10.1 Å². The zero-order valence-corrected chi connectivity index (χ0v) is 19.9. The number of aryl methyl sites for hydroxylation is 1. The molecule has 0 unspecified atom stereocenters. The number of benzene rings is 2. The largest absolute Gasteiger partial charge is 0.381 e. The summed E-state index contributed by atoms with van der Waals surface area (Å²) in [4.78, 5) is 13.8. The highest BCUT2D eigenvalue weighted by Crippen LogP contribution is 2.37. The quantitative estimate of drug-likeness (QED) is 0.670. The topological polar surface area (TPSA) is 75.7 Å². The molecule has 1 amide bonds. The van der Waals surface area contributed by atoms with Crippen LogP contribution in [0.3, 0.4) is 0 Å². The molecule has 0 atom stereocenters. The first-order valence-corrected chi connectivity index (χ1v) is 12.4. The number of carbonyl (C=O) groups excluding carboxylic acids is 1. The van der Waals surface area contributed by atoms with Crippen LogP contribution in [0.4, 0.5) is 10.1 Å². The van der Waals surface area contributed by atoms with E-state index in [9.17, 15) is 17.6 Å². The molecule has 3 rings (SSSR count). The standard InChI is InChI=1S/C24H31FN2O4S/c1-5-27(6-2)32(29,30)21-15-17(3)18(4)22(16-21)26-23(28)24(11-13-31-14-12-24)19-7-9-20(25)10-8-19/h7-10,15-16H,5-6,11-14H2,1-4H3,(H,26,28). The third-order valence-electron chi connectivity index (χ3n) is 6.41. The molecule has 0 saturated carbocycles. The molecule has 0 aromatic heterocycles. The summed E-state index contributed by atoms with van der Waals surface area (Å²) in [5, 5.41) is 2.99. The van der Waals surface area contributed by atoms with Crippen LogP contribution in [0.2, 0.25) is 0 Å². The molecule has 2 aromatic carbocycles. The Balaban J connectivity index is 2.02. The van der Waals surface area contributed by atoms with E-state index in [1.165, 1.54) is 22.5 Å². The maximum absolute atomic E-state index is 13.6. The van der Waals surface area contributed by atoms with Crippen molar-refractivity contribution in [1.82, 2.24) is 4.31 Å². The lowest BCUT2D eigenvalue weighted by atomic mass is 9.73. The highest BCUT2D eigenvalue weighted by molar-refractivity contribution is 7.89. The van der Waals surface area contributed by atoms with Crippen LogP contribution < -0.4 is 5.32 Å². The van der Waals surface area contributed by atoms with E-state index in [-0.39, 0.29) is 16.6 Å². The average molecular weight is 463 g/mol. The Morgan fingerprint density at radius 3 is 2.25 bits per heavy atom. The molecule has 1 fully saturated rings. The number of anilines is 1. The van der Waals surface area contributed by atoms with Crippen LogP contribution in [0, 0.1) is 19.7 Å². The summed E-state index contributed by atoms with van der Waals surface area (Å²) in [5.41, 5.74) is 1.89. The highest BCUT2D eigenvalue weighted by atomic mass is 32.2. The van der Waals surface area contributed by atoms with Crippen molar-refractivity contribution in [3.63, 3.8) is 0 Å². The van der Waals surface area contributed by atoms with Crippen molar-refractivity contribution in [2.75, 3.05) is 31.6 Å². The maximum Gasteiger partial charge on any atom is 0.243 e. The van der Waals surface area contributed by atoms with Gasteiger partial charge in [0.25, 0.3) is 0 Å². The molecular weight excluding hydrogens is 431 g/mol. The van der Waals surface area contributed by atoms with Crippen molar-refractivity contribution < 1.29 is 22.3 Å². The second-order valence-corrected chi connectivity index (χ2v) is 10.1. The number of rotatable bonds is 7. The number of nitrogens with zero attached hydrogens (tertiary/aromatic N) is 1. The van der Waals surface area contributed by atoms with Crippen molar-refractivity contribution in [2.24, 2.45) is 0 Å². The van der Waals surface area contributed by atoms with Crippen molar-refractivity contribution in [1.29, 1.82) is 0 Å². The van der Waals surface area contributed by atoms with E-state index < -0.39 is 15.4 Å². The fraction of sp³-hybridized carbons (Fsp3) is 0.458. The van der Waals surface area contributed by atoms with Crippen molar-refractivity contribution in [3.8, 4) is 0 Å².